The molecule has 1 aliphatic carbocycles. The molecule has 0 N–H and O–H groups in total. The lowest BCUT2D eigenvalue weighted by Crippen LogP contribution is -2.31. The standard InChI is InChI=1S/C47H33N5/c1-47(2)28-38-39(29-47)48-46(49-43(38)37-21-13-20-34-32-18-9-11-22-41(32)51(45(34)37)31-16-7-4-8-17-31)52-42-23-12-10-19-33(42)35-24-25-40-36(44(35)52)26-27-50(40)30-14-5-3-6-15-30/h3-29H,1-2H3. The van der Waals surface area contributed by atoms with E-state index < -0.39 is 0 Å². The maximum absolute atomic E-state index is 5.63. The second-order valence-electron chi connectivity index (χ2n) is 14.4. The van der Waals surface area contributed by atoms with E-state index in [9.17, 15) is 0 Å². The van der Waals surface area contributed by atoms with E-state index in [-0.39, 0.29) is 5.41 Å². The molecule has 10 aromatic rings. The molecule has 0 amide bonds. The molecule has 0 aliphatic heterocycles. The van der Waals surface area contributed by atoms with Crippen molar-refractivity contribution < 1.29 is 0 Å². The zero-order valence-corrected chi connectivity index (χ0v) is 28.8. The number of fused-ring (bicyclic) bond motifs is 9. The van der Waals surface area contributed by atoms with Crippen LogP contribution >= 0.6 is 0 Å². The lowest BCUT2D eigenvalue weighted by Gasteiger charge is -2.13. The summed E-state index contributed by atoms with van der Waals surface area (Å²) in [6, 6.07) is 51.9. The van der Waals surface area contributed by atoms with Crippen LogP contribution in [-0.2, 0) is 0 Å². The monoisotopic (exact) mass is 667 g/mol. The van der Waals surface area contributed by atoms with Gasteiger partial charge in [-0.1, -0.05) is 117 Å². The van der Waals surface area contributed by atoms with Crippen molar-refractivity contribution in [2.75, 3.05) is 0 Å². The van der Waals surface area contributed by atoms with E-state index in [1.165, 1.54) is 27.1 Å². The zero-order chi connectivity index (χ0) is 34.6. The third kappa shape index (κ3) is 4.11. The van der Waals surface area contributed by atoms with Crippen LogP contribution < -0.4 is 10.6 Å². The highest BCUT2D eigenvalue weighted by Gasteiger charge is 2.25. The van der Waals surface area contributed by atoms with Crippen molar-refractivity contribution >= 4 is 66.7 Å². The van der Waals surface area contributed by atoms with Crippen molar-refractivity contribution in [2.24, 2.45) is 5.41 Å². The Bertz CT molecular complexity index is 3200. The SMILES string of the molecule is CC1(C)C=c2nc(-n3c4ccccc4c4ccc5c(ccn5-c5ccccc5)c43)nc(-c3cccc4c5ccccc5n(-c5ccccc5)c34)c2=C1. The lowest BCUT2D eigenvalue weighted by molar-refractivity contribution is 0.723. The Balaban J connectivity index is 1.27. The number of rotatable bonds is 4. The van der Waals surface area contributed by atoms with Gasteiger partial charge in [0, 0.05) is 60.7 Å². The maximum atomic E-state index is 5.63. The van der Waals surface area contributed by atoms with Crippen LogP contribution in [0.3, 0.4) is 0 Å². The first-order valence-corrected chi connectivity index (χ1v) is 17.8. The average molecular weight is 668 g/mol. The van der Waals surface area contributed by atoms with Gasteiger partial charge in [0.2, 0.25) is 5.95 Å². The molecule has 0 radical (unpaired) electrons. The van der Waals surface area contributed by atoms with Gasteiger partial charge in [-0.2, -0.15) is 0 Å². The normalized spacial score (nSPS) is 13.7. The Hall–Kier alpha value is -6.72. The van der Waals surface area contributed by atoms with Crippen LogP contribution in [0, 0.1) is 5.41 Å². The second kappa shape index (κ2) is 10.6. The molecule has 5 heteroatoms. The molecule has 5 nitrogen and oxygen atoms in total. The van der Waals surface area contributed by atoms with Gasteiger partial charge in [-0.15, -0.1) is 0 Å². The predicted octanol–water partition coefficient (Wildman–Crippen LogP) is 9.88. The summed E-state index contributed by atoms with van der Waals surface area (Å²) in [7, 11) is 0. The van der Waals surface area contributed by atoms with E-state index in [0.29, 0.717) is 5.95 Å². The van der Waals surface area contributed by atoms with E-state index in [1.807, 2.05) is 0 Å². The molecule has 52 heavy (non-hydrogen) atoms. The van der Waals surface area contributed by atoms with E-state index >= 15 is 0 Å². The third-order valence-corrected chi connectivity index (χ3v) is 10.7. The molecule has 0 fully saturated rings. The highest BCUT2D eigenvalue weighted by atomic mass is 15.2. The minimum absolute atomic E-state index is 0.175. The van der Waals surface area contributed by atoms with Gasteiger partial charge in [0.1, 0.15) is 0 Å². The average Bonchev–Trinajstić information content (AvgIpc) is 3.93. The molecular weight excluding hydrogens is 635 g/mol. The molecular formula is C47H33N5. The number of benzene rings is 6. The summed E-state index contributed by atoms with van der Waals surface area (Å²) in [4.78, 5) is 11.0. The number of para-hydroxylation sites is 5. The number of nitrogens with zero attached hydrogens (tertiary/aromatic N) is 5. The minimum atomic E-state index is -0.175. The summed E-state index contributed by atoms with van der Waals surface area (Å²) in [5, 5.41) is 7.98. The third-order valence-electron chi connectivity index (χ3n) is 10.7. The van der Waals surface area contributed by atoms with Crippen LogP contribution in [0.4, 0.5) is 0 Å². The van der Waals surface area contributed by atoms with Crippen LogP contribution in [0.25, 0.3) is 95.2 Å². The second-order valence-corrected chi connectivity index (χ2v) is 14.4. The molecule has 4 heterocycles. The van der Waals surface area contributed by atoms with Gasteiger partial charge in [-0.25, -0.2) is 9.97 Å². The molecule has 0 saturated heterocycles. The first-order chi connectivity index (χ1) is 25.5. The highest BCUT2D eigenvalue weighted by Crippen LogP contribution is 2.39. The van der Waals surface area contributed by atoms with E-state index in [0.717, 1.165) is 60.7 Å². The van der Waals surface area contributed by atoms with Gasteiger partial charge in [0.15, 0.2) is 0 Å². The molecule has 0 bridgehead atoms. The van der Waals surface area contributed by atoms with Crippen molar-refractivity contribution in [1.82, 2.24) is 23.7 Å². The van der Waals surface area contributed by atoms with Crippen LogP contribution in [0.1, 0.15) is 13.8 Å². The molecule has 0 atom stereocenters. The first kappa shape index (κ1) is 29.1. The summed E-state index contributed by atoms with van der Waals surface area (Å²) in [6.45, 7) is 4.49. The summed E-state index contributed by atoms with van der Waals surface area (Å²) < 4.78 is 6.95. The topological polar surface area (TPSA) is 40.6 Å². The molecule has 246 valence electrons. The van der Waals surface area contributed by atoms with Gasteiger partial charge >= 0.3 is 0 Å². The fourth-order valence-electron chi connectivity index (χ4n) is 8.55. The van der Waals surface area contributed by atoms with Crippen molar-refractivity contribution in [2.45, 2.75) is 13.8 Å². The summed E-state index contributed by atoms with van der Waals surface area (Å²) in [5.74, 6) is 0.668. The van der Waals surface area contributed by atoms with Gasteiger partial charge in [0.25, 0.3) is 0 Å². The van der Waals surface area contributed by atoms with E-state index in [4.69, 9.17) is 9.97 Å². The molecule has 4 aromatic heterocycles. The van der Waals surface area contributed by atoms with Crippen LogP contribution in [-0.4, -0.2) is 23.7 Å². The molecule has 0 saturated carbocycles. The van der Waals surface area contributed by atoms with Gasteiger partial charge < -0.3 is 9.13 Å². The zero-order valence-electron chi connectivity index (χ0n) is 28.8. The quantitative estimate of drug-likeness (QED) is 0.188. The lowest BCUT2D eigenvalue weighted by atomic mass is 9.95. The van der Waals surface area contributed by atoms with Crippen molar-refractivity contribution in [3.05, 3.63) is 162 Å². The summed E-state index contributed by atoms with van der Waals surface area (Å²) >= 11 is 0. The van der Waals surface area contributed by atoms with Crippen LogP contribution in [0.2, 0.25) is 0 Å². The molecule has 0 spiro atoms. The van der Waals surface area contributed by atoms with Crippen molar-refractivity contribution in [3.8, 4) is 28.6 Å². The fraction of sp³-hybridized carbons (Fsp3) is 0.0638. The molecule has 0 unspecified atom stereocenters. The van der Waals surface area contributed by atoms with E-state index in [2.05, 4.69) is 191 Å². The van der Waals surface area contributed by atoms with E-state index in [1.54, 1.807) is 0 Å². The smallest absolute Gasteiger partial charge is 0.235 e. The number of hydrogen-bond donors (Lipinski definition) is 0. The Morgan fingerprint density at radius 2 is 1.10 bits per heavy atom. The maximum Gasteiger partial charge on any atom is 0.235 e. The highest BCUT2D eigenvalue weighted by molar-refractivity contribution is 6.18. The Morgan fingerprint density at radius 3 is 1.85 bits per heavy atom. The van der Waals surface area contributed by atoms with Crippen LogP contribution in [0.15, 0.2) is 152 Å². The molecule has 11 rings (SSSR count). The Morgan fingerprint density at radius 1 is 0.462 bits per heavy atom. The Kier molecular flexibility index (Phi) is 5.95. The van der Waals surface area contributed by atoms with Crippen LogP contribution in [0.5, 0.6) is 0 Å². The Labute approximate surface area is 299 Å². The first-order valence-electron chi connectivity index (χ1n) is 17.8. The van der Waals surface area contributed by atoms with Crippen molar-refractivity contribution in [1.29, 1.82) is 0 Å². The van der Waals surface area contributed by atoms with Gasteiger partial charge in [-0.3, -0.25) is 4.57 Å². The number of aromatic nitrogens is 5. The minimum Gasteiger partial charge on any atom is -0.316 e. The largest absolute Gasteiger partial charge is 0.316 e. The number of hydrogen-bond acceptors (Lipinski definition) is 2. The van der Waals surface area contributed by atoms with Gasteiger partial charge in [0.05, 0.1) is 38.6 Å². The summed E-state index contributed by atoms with van der Waals surface area (Å²) in [5.41, 5.74) is 9.75. The predicted molar refractivity (Wildman–Crippen MR) is 215 cm³/mol. The molecule has 1 aliphatic rings. The fourth-order valence-corrected chi connectivity index (χ4v) is 8.55. The molecule has 6 aromatic carbocycles. The van der Waals surface area contributed by atoms with Crippen molar-refractivity contribution in [3.63, 3.8) is 0 Å². The van der Waals surface area contributed by atoms with Gasteiger partial charge in [-0.05, 0) is 54.6 Å². The summed E-state index contributed by atoms with van der Waals surface area (Å²) in [6.07, 6.45) is 6.80.